The molecule has 0 heterocycles. The van der Waals surface area contributed by atoms with Crippen LogP contribution in [-0.4, -0.2) is 45.0 Å². The van der Waals surface area contributed by atoms with Crippen LogP contribution in [0.4, 0.5) is 0 Å². The highest BCUT2D eigenvalue weighted by Gasteiger charge is 2.37. The summed E-state index contributed by atoms with van der Waals surface area (Å²) >= 11 is 0. The highest BCUT2D eigenvalue weighted by Crippen LogP contribution is 2.54. The van der Waals surface area contributed by atoms with Gasteiger partial charge in [0.1, 0.15) is 0 Å². The molecule has 0 aliphatic rings. The molecule has 0 radical (unpaired) electrons. The summed E-state index contributed by atoms with van der Waals surface area (Å²) in [7, 11) is 0. The fourth-order valence-electron chi connectivity index (χ4n) is 4.27. The Morgan fingerprint density at radius 3 is 1.81 bits per heavy atom. The van der Waals surface area contributed by atoms with E-state index in [1.54, 1.807) is 19.1 Å². The van der Waals surface area contributed by atoms with Gasteiger partial charge in [-0.2, -0.15) is 0 Å². The molecule has 2 aromatic rings. The SMILES string of the molecule is C=CC(=O)Oc1c(OCC)cc(C(C)(C)c2ccc(OC(=O)C(=C)C)c(OCCC)c2OCCC)c(OCC)c1OCC. The van der Waals surface area contributed by atoms with E-state index in [-0.39, 0.29) is 29.4 Å². The maximum atomic E-state index is 12.5. The summed E-state index contributed by atoms with van der Waals surface area (Å²) in [5, 5.41) is 0. The number of carbonyl (C=O) groups is 2. The highest BCUT2D eigenvalue weighted by atomic mass is 16.6. The van der Waals surface area contributed by atoms with Gasteiger partial charge in [0.25, 0.3) is 0 Å². The van der Waals surface area contributed by atoms with E-state index in [9.17, 15) is 9.59 Å². The Balaban J connectivity index is 2.99. The first-order valence-electron chi connectivity index (χ1n) is 14.8. The van der Waals surface area contributed by atoms with Crippen LogP contribution in [0.25, 0.3) is 0 Å². The number of ether oxygens (including phenoxy) is 7. The first kappa shape index (κ1) is 35.1. The third kappa shape index (κ3) is 8.46. The third-order valence-electron chi connectivity index (χ3n) is 6.28. The van der Waals surface area contributed by atoms with E-state index < -0.39 is 17.4 Å². The van der Waals surface area contributed by atoms with E-state index in [1.807, 2.05) is 54.5 Å². The molecule has 0 N–H and O–H groups in total. The lowest BCUT2D eigenvalue weighted by Crippen LogP contribution is -2.23. The van der Waals surface area contributed by atoms with Crippen molar-refractivity contribution in [1.29, 1.82) is 0 Å². The van der Waals surface area contributed by atoms with Crippen molar-refractivity contribution in [2.24, 2.45) is 0 Å². The van der Waals surface area contributed by atoms with E-state index in [0.717, 1.165) is 24.5 Å². The van der Waals surface area contributed by atoms with Crippen molar-refractivity contribution < 1.29 is 42.7 Å². The molecule has 0 spiro atoms. The minimum Gasteiger partial charge on any atom is -0.490 e. The van der Waals surface area contributed by atoms with Crippen molar-refractivity contribution in [1.82, 2.24) is 0 Å². The predicted octanol–water partition coefficient (Wildman–Crippen LogP) is 7.36. The molecule has 0 atom stereocenters. The summed E-state index contributed by atoms with van der Waals surface area (Å²) in [5.41, 5.74) is 0.860. The number of hydrogen-bond donors (Lipinski definition) is 0. The highest BCUT2D eigenvalue weighted by molar-refractivity contribution is 5.89. The zero-order valence-electron chi connectivity index (χ0n) is 26.8. The number of hydrogen-bond acceptors (Lipinski definition) is 9. The fourth-order valence-corrected chi connectivity index (χ4v) is 4.27. The molecule has 0 aromatic heterocycles. The van der Waals surface area contributed by atoms with Crippen molar-refractivity contribution in [3.63, 3.8) is 0 Å². The second-order valence-electron chi connectivity index (χ2n) is 10.1. The molecule has 0 aliphatic heterocycles. The molecule has 0 amide bonds. The van der Waals surface area contributed by atoms with Gasteiger partial charge in [-0.05, 0) is 52.7 Å². The topological polar surface area (TPSA) is 98.8 Å². The molecule has 0 saturated heterocycles. The van der Waals surface area contributed by atoms with Crippen LogP contribution in [0.3, 0.4) is 0 Å². The van der Waals surface area contributed by atoms with E-state index in [2.05, 4.69) is 13.2 Å². The second kappa shape index (κ2) is 16.5. The standard InChI is InChI=1S/C34H46O9/c1-11-19-40-28-23(17-18-25(30(28)41-20-12-2)42-33(36)22(7)8)34(9,10)24-21-26(37-14-4)31(43-27(35)13-3)32(39-16-6)29(24)38-15-5/h13,17-18,21H,3,7,11-12,14-16,19-20H2,1-2,4-6,8-10H3. The van der Waals surface area contributed by atoms with Gasteiger partial charge in [0.2, 0.25) is 17.2 Å². The lowest BCUT2D eigenvalue weighted by molar-refractivity contribution is -0.130. The summed E-state index contributed by atoms with van der Waals surface area (Å²) in [6.07, 6.45) is 2.53. The van der Waals surface area contributed by atoms with Crippen LogP contribution >= 0.6 is 0 Å². The van der Waals surface area contributed by atoms with Gasteiger partial charge < -0.3 is 33.2 Å². The van der Waals surface area contributed by atoms with Gasteiger partial charge in [0, 0.05) is 28.2 Å². The molecule has 2 aromatic carbocycles. The Bertz CT molecular complexity index is 1290. The third-order valence-corrected chi connectivity index (χ3v) is 6.28. The van der Waals surface area contributed by atoms with Crippen molar-refractivity contribution in [2.45, 2.75) is 73.6 Å². The summed E-state index contributed by atoms with van der Waals surface area (Å²) in [5.74, 6) is 0.789. The smallest absolute Gasteiger partial charge is 0.338 e. The molecule has 0 bridgehead atoms. The first-order chi connectivity index (χ1) is 20.5. The molecule has 236 valence electrons. The maximum Gasteiger partial charge on any atom is 0.338 e. The number of rotatable bonds is 18. The molecule has 9 heteroatoms. The fraction of sp³-hybridized carbons (Fsp3) is 0.471. The zero-order chi connectivity index (χ0) is 32.2. The van der Waals surface area contributed by atoms with Crippen molar-refractivity contribution in [2.75, 3.05) is 33.0 Å². The molecular weight excluding hydrogens is 552 g/mol. The minimum atomic E-state index is -0.826. The first-order valence-corrected chi connectivity index (χ1v) is 14.8. The Morgan fingerprint density at radius 2 is 1.28 bits per heavy atom. The number of esters is 2. The van der Waals surface area contributed by atoms with Gasteiger partial charge in [0.15, 0.2) is 23.0 Å². The van der Waals surface area contributed by atoms with Crippen LogP contribution in [0.5, 0.6) is 40.2 Å². The van der Waals surface area contributed by atoms with Gasteiger partial charge in [0.05, 0.1) is 33.0 Å². The molecule has 0 saturated carbocycles. The van der Waals surface area contributed by atoms with Crippen LogP contribution in [0.2, 0.25) is 0 Å². The Labute approximate surface area is 255 Å². The monoisotopic (exact) mass is 598 g/mol. The summed E-state index contributed by atoms with van der Waals surface area (Å²) in [6, 6.07) is 5.32. The summed E-state index contributed by atoms with van der Waals surface area (Å²) < 4.78 is 42.0. The summed E-state index contributed by atoms with van der Waals surface area (Å²) in [4.78, 5) is 24.8. The van der Waals surface area contributed by atoms with Crippen molar-refractivity contribution >= 4 is 11.9 Å². The van der Waals surface area contributed by atoms with Crippen LogP contribution in [0.1, 0.15) is 79.4 Å². The van der Waals surface area contributed by atoms with Crippen molar-refractivity contribution in [3.8, 4) is 40.2 Å². The Hall–Kier alpha value is -4.14. The zero-order valence-corrected chi connectivity index (χ0v) is 26.8. The van der Waals surface area contributed by atoms with Gasteiger partial charge in [-0.1, -0.05) is 46.9 Å². The van der Waals surface area contributed by atoms with Gasteiger partial charge in [-0.15, -0.1) is 0 Å². The van der Waals surface area contributed by atoms with E-state index in [1.165, 1.54) is 0 Å². The maximum absolute atomic E-state index is 12.5. The van der Waals surface area contributed by atoms with Gasteiger partial charge >= 0.3 is 11.9 Å². The van der Waals surface area contributed by atoms with Crippen LogP contribution in [-0.2, 0) is 15.0 Å². The molecule has 9 nitrogen and oxygen atoms in total. The van der Waals surface area contributed by atoms with E-state index in [0.29, 0.717) is 55.0 Å². The van der Waals surface area contributed by atoms with Crippen LogP contribution in [0, 0.1) is 0 Å². The minimum absolute atomic E-state index is 0.105. The van der Waals surface area contributed by atoms with E-state index in [4.69, 9.17) is 33.2 Å². The number of carbonyl (C=O) groups excluding carboxylic acids is 2. The van der Waals surface area contributed by atoms with Crippen LogP contribution in [0.15, 0.2) is 43.0 Å². The predicted molar refractivity (Wildman–Crippen MR) is 166 cm³/mol. The van der Waals surface area contributed by atoms with Gasteiger partial charge in [-0.3, -0.25) is 0 Å². The molecule has 0 unspecified atom stereocenters. The average molecular weight is 599 g/mol. The lowest BCUT2D eigenvalue weighted by atomic mass is 9.76. The Morgan fingerprint density at radius 1 is 0.721 bits per heavy atom. The van der Waals surface area contributed by atoms with Crippen LogP contribution < -0.4 is 33.2 Å². The molecular formula is C34H46O9. The quantitative estimate of drug-likeness (QED) is 0.0990. The number of benzene rings is 2. The average Bonchev–Trinajstić information content (AvgIpc) is 2.97. The van der Waals surface area contributed by atoms with Gasteiger partial charge in [-0.25, -0.2) is 9.59 Å². The molecule has 0 fully saturated rings. The molecule has 43 heavy (non-hydrogen) atoms. The largest absolute Gasteiger partial charge is 0.490 e. The van der Waals surface area contributed by atoms with Crippen molar-refractivity contribution in [3.05, 3.63) is 54.1 Å². The normalized spacial score (nSPS) is 10.9. The molecule has 0 aliphatic carbocycles. The lowest BCUT2D eigenvalue weighted by Gasteiger charge is -2.32. The Kier molecular flexibility index (Phi) is 13.4. The summed E-state index contributed by atoms with van der Waals surface area (Å²) in [6.45, 7) is 24.0. The van der Waals surface area contributed by atoms with E-state index >= 15 is 0 Å². The molecule has 2 rings (SSSR count). The second-order valence-corrected chi connectivity index (χ2v) is 10.1.